The Morgan fingerprint density at radius 3 is 2.76 bits per heavy atom. The summed E-state index contributed by atoms with van der Waals surface area (Å²) in [7, 11) is 0. The van der Waals surface area contributed by atoms with Crippen LogP contribution in [0.1, 0.15) is 51.2 Å². The van der Waals surface area contributed by atoms with Crippen LogP contribution in [0.2, 0.25) is 0 Å². The Morgan fingerprint density at radius 2 is 2.03 bits per heavy atom. The zero-order valence-electron chi connectivity index (χ0n) is 19.7. The molecular formula is C24H29N5O3S. The van der Waals surface area contributed by atoms with Gasteiger partial charge in [-0.05, 0) is 71.4 Å². The molecule has 0 saturated carbocycles. The average molecular weight is 468 g/mol. The van der Waals surface area contributed by atoms with E-state index in [0.29, 0.717) is 12.4 Å². The Morgan fingerprint density at radius 1 is 1.24 bits per heavy atom. The van der Waals surface area contributed by atoms with E-state index >= 15 is 0 Å². The second kappa shape index (κ2) is 8.72. The molecule has 1 aliphatic rings. The lowest BCUT2D eigenvalue weighted by Gasteiger charge is -2.34. The van der Waals surface area contributed by atoms with Crippen molar-refractivity contribution in [3.8, 4) is 10.6 Å². The van der Waals surface area contributed by atoms with Crippen LogP contribution in [-0.4, -0.2) is 43.9 Å². The van der Waals surface area contributed by atoms with Gasteiger partial charge in [-0.3, -0.25) is 4.90 Å². The van der Waals surface area contributed by atoms with E-state index in [-0.39, 0.29) is 6.04 Å². The van der Waals surface area contributed by atoms with Crippen LogP contribution in [0.4, 0.5) is 16.4 Å². The van der Waals surface area contributed by atoms with Crippen LogP contribution in [-0.2, 0) is 9.47 Å². The fourth-order valence-corrected chi connectivity index (χ4v) is 4.54. The second-order valence-corrected chi connectivity index (χ2v) is 10.5. The first kappa shape index (κ1) is 23.1. The van der Waals surface area contributed by atoms with Gasteiger partial charge in [0.25, 0.3) is 0 Å². The second-order valence-electron chi connectivity index (χ2n) is 9.44. The van der Waals surface area contributed by atoms with Gasteiger partial charge in [0.2, 0.25) is 0 Å². The number of amides is 1. The summed E-state index contributed by atoms with van der Waals surface area (Å²) in [6, 6.07) is 9.36. The molecule has 1 amide bonds. The van der Waals surface area contributed by atoms with Gasteiger partial charge in [-0.25, -0.2) is 19.7 Å². The number of aromatic nitrogens is 3. The lowest BCUT2D eigenvalue weighted by Crippen LogP contribution is -2.47. The zero-order chi connectivity index (χ0) is 23.8. The molecule has 4 heterocycles. The predicted octanol–water partition coefficient (Wildman–Crippen LogP) is 5.70. The van der Waals surface area contributed by atoms with Crippen LogP contribution in [0.5, 0.6) is 0 Å². The Labute approximate surface area is 198 Å². The molecule has 4 rings (SSSR count). The van der Waals surface area contributed by atoms with E-state index in [2.05, 4.69) is 15.3 Å². The minimum absolute atomic E-state index is 0.327. The Balaban J connectivity index is 1.57. The first-order valence-electron chi connectivity index (χ1n) is 10.8. The maximum absolute atomic E-state index is 13.0. The highest BCUT2D eigenvalue weighted by Gasteiger charge is 2.47. The number of rotatable bonds is 4. The van der Waals surface area contributed by atoms with E-state index < -0.39 is 17.4 Å². The molecule has 1 N–H and O–H groups in total. The molecule has 3 aromatic rings. The first-order chi connectivity index (χ1) is 15.5. The van der Waals surface area contributed by atoms with Gasteiger partial charge in [0.1, 0.15) is 34.0 Å². The van der Waals surface area contributed by atoms with Gasteiger partial charge in [-0.1, -0.05) is 6.07 Å². The van der Waals surface area contributed by atoms with Gasteiger partial charge in [-0.2, -0.15) is 0 Å². The third-order valence-corrected chi connectivity index (χ3v) is 6.18. The van der Waals surface area contributed by atoms with Gasteiger partial charge in [0, 0.05) is 12.4 Å². The molecule has 0 aromatic carbocycles. The highest BCUT2D eigenvalue weighted by molar-refractivity contribution is 7.15. The molecule has 1 aliphatic heterocycles. The number of hydrogen-bond acceptors (Lipinski definition) is 8. The van der Waals surface area contributed by atoms with Gasteiger partial charge in [-0.15, -0.1) is 11.3 Å². The Kier molecular flexibility index (Phi) is 6.11. The lowest BCUT2D eigenvalue weighted by atomic mass is 10.2. The smallest absolute Gasteiger partial charge is 0.413 e. The molecular weight excluding hydrogens is 438 g/mol. The molecule has 174 valence electrons. The van der Waals surface area contributed by atoms with E-state index in [4.69, 9.17) is 14.5 Å². The number of nitrogens with one attached hydrogen (secondary N) is 1. The van der Waals surface area contributed by atoms with Crippen LogP contribution in [0, 0.1) is 6.92 Å². The molecule has 0 bridgehead atoms. The van der Waals surface area contributed by atoms with Crippen molar-refractivity contribution in [2.75, 3.05) is 11.9 Å². The van der Waals surface area contributed by atoms with E-state index in [1.807, 2.05) is 71.9 Å². The highest BCUT2D eigenvalue weighted by atomic mass is 32.1. The van der Waals surface area contributed by atoms with Crippen molar-refractivity contribution < 1.29 is 14.3 Å². The van der Waals surface area contributed by atoms with Crippen LogP contribution < -0.4 is 5.32 Å². The highest BCUT2D eigenvalue weighted by Crippen LogP contribution is 2.40. The summed E-state index contributed by atoms with van der Waals surface area (Å²) < 4.78 is 11.6. The maximum atomic E-state index is 13.0. The summed E-state index contributed by atoms with van der Waals surface area (Å²) >= 11 is 1.49. The van der Waals surface area contributed by atoms with Crippen LogP contribution in [0.25, 0.3) is 10.6 Å². The SMILES string of the molecule is Cc1ccnc(Nc2cccc(-c3cnc([C@@H]4COC(C)(C)N4C(=O)OC(C)(C)C)s3)n2)c1. The molecule has 1 fully saturated rings. The number of anilines is 2. The standard InChI is InChI=1S/C24H29N5O3S/c1-15-10-11-25-20(12-15)28-19-9-7-8-16(27-19)18-13-26-21(33-18)17-14-31-24(5,6)29(17)22(30)32-23(2,3)4/h7-13,17H,14H2,1-6H3,(H,25,27,28)/t17-/m0/s1. The number of nitrogens with zero attached hydrogens (tertiary/aromatic N) is 4. The summed E-state index contributed by atoms with van der Waals surface area (Å²) in [5.74, 6) is 1.43. The van der Waals surface area contributed by atoms with E-state index in [0.717, 1.165) is 27.0 Å². The molecule has 3 aromatic heterocycles. The van der Waals surface area contributed by atoms with E-state index in [1.165, 1.54) is 11.3 Å². The fourth-order valence-electron chi connectivity index (χ4n) is 3.58. The van der Waals surface area contributed by atoms with Crippen molar-refractivity contribution in [3.05, 3.63) is 53.3 Å². The summed E-state index contributed by atoms with van der Waals surface area (Å²) in [5, 5.41) is 4.02. The molecule has 0 radical (unpaired) electrons. The predicted molar refractivity (Wildman–Crippen MR) is 128 cm³/mol. The van der Waals surface area contributed by atoms with Crippen molar-refractivity contribution in [3.63, 3.8) is 0 Å². The summed E-state index contributed by atoms with van der Waals surface area (Å²) in [4.78, 5) is 29.2. The topological polar surface area (TPSA) is 89.5 Å². The number of aryl methyl sites for hydroxylation is 1. The molecule has 9 heteroatoms. The lowest BCUT2D eigenvalue weighted by molar-refractivity contribution is -0.0626. The molecule has 0 spiro atoms. The molecule has 1 atom stereocenters. The molecule has 33 heavy (non-hydrogen) atoms. The van der Waals surface area contributed by atoms with Crippen LogP contribution >= 0.6 is 11.3 Å². The average Bonchev–Trinajstić information content (AvgIpc) is 3.31. The van der Waals surface area contributed by atoms with Gasteiger partial charge < -0.3 is 14.8 Å². The Hall–Kier alpha value is -3.04. The molecule has 0 aliphatic carbocycles. The van der Waals surface area contributed by atoms with Crippen molar-refractivity contribution in [2.45, 2.75) is 58.9 Å². The maximum Gasteiger partial charge on any atom is 0.413 e. The monoisotopic (exact) mass is 467 g/mol. The van der Waals surface area contributed by atoms with Crippen LogP contribution in [0.3, 0.4) is 0 Å². The first-order valence-corrected chi connectivity index (χ1v) is 11.6. The number of thiazole rings is 1. The number of ether oxygens (including phenoxy) is 2. The van der Waals surface area contributed by atoms with Crippen LogP contribution in [0.15, 0.2) is 42.7 Å². The quantitative estimate of drug-likeness (QED) is 0.527. The van der Waals surface area contributed by atoms with Gasteiger partial charge >= 0.3 is 6.09 Å². The van der Waals surface area contributed by atoms with Crippen molar-refractivity contribution in [2.24, 2.45) is 0 Å². The van der Waals surface area contributed by atoms with Crippen molar-refractivity contribution >= 4 is 29.1 Å². The molecule has 8 nitrogen and oxygen atoms in total. The number of carbonyl (C=O) groups is 1. The zero-order valence-corrected chi connectivity index (χ0v) is 20.6. The van der Waals surface area contributed by atoms with Gasteiger partial charge in [0.05, 0.1) is 17.2 Å². The van der Waals surface area contributed by atoms with E-state index in [1.54, 1.807) is 17.3 Å². The normalized spacial score (nSPS) is 17.8. The number of pyridine rings is 2. The Bertz CT molecular complexity index is 1150. The summed E-state index contributed by atoms with van der Waals surface area (Å²) in [6.45, 7) is 11.7. The molecule has 1 saturated heterocycles. The van der Waals surface area contributed by atoms with Crippen molar-refractivity contribution in [1.82, 2.24) is 19.9 Å². The van der Waals surface area contributed by atoms with E-state index in [9.17, 15) is 4.79 Å². The number of hydrogen-bond donors (Lipinski definition) is 1. The van der Waals surface area contributed by atoms with Crippen molar-refractivity contribution in [1.29, 1.82) is 0 Å². The minimum atomic E-state index is -0.790. The fraction of sp³-hybridized carbons (Fsp3) is 0.417. The molecule has 0 unspecified atom stereocenters. The van der Waals surface area contributed by atoms with Gasteiger partial charge in [0.15, 0.2) is 0 Å². The largest absolute Gasteiger partial charge is 0.444 e. The third-order valence-electron chi connectivity index (χ3n) is 5.06. The third kappa shape index (κ3) is 5.31. The summed E-state index contributed by atoms with van der Waals surface area (Å²) in [5.41, 5.74) is 0.518. The summed E-state index contributed by atoms with van der Waals surface area (Å²) in [6.07, 6.45) is 3.13. The minimum Gasteiger partial charge on any atom is -0.444 e. The number of carbonyl (C=O) groups excluding carboxylic acids is 1.